The SMILES string of the molecule is Clc1cc2c(-c3ccccc3)c3c4cccc5cccc(c54)c3c3c4ccccc4c(c1)c23. The van der Waals surface area contributed by atoms with Gasteiger partial charge in [0.15, 0.2) is 0 Å². The van der Waals surface area contributed by atoms with Gasteiger partial charge in [-0.25, -0.2) is 0 Å². The first-order valence-electron chi connectivity index (χ1n) is 11.3. The van der Waals surface area contributed by atoms with Crippen molar-refractivity contribution in [1.29, 1.82) is 0 Å². The maximum atomic E-state index is 6.77. The van der Waals surface area contributed by atoms with Crippen LogP contribution in [0.15, 0.2) is 103 Å². The average molecular weight is 437 g/mol. The minimum atomic E-state index is 0.783. The molecular formula is C32H17Cl. The van der Waals surface area contributed by atoms with Gasteiger partial charge in [0, 0.05) is 5.02 Å². The quantitative estimate of drug-likeness (QED) is 0.240. The summed E-state index contributed by atoms with van der Waals surface area (Å²) in [4.78, 5) is 0. The van der Waals surface area contributed by atoms with E-state index in [-0.39, 0.29) is 0 Å². The molecule has 0 amide bonds. The molecule has 0 aliphatic heterocycles. The first-order chi connectivity index (χ1) is 16.3. The fraction of sp³-hybridized carbons (Fsp3) is 0. The fourth-order valence-corrected chi connectivity index (χ4v) is 6.42. The molecule has 0 fully saturated rings. The molecule has 152 valence electrons. The molecule has 0 N–H and O–H groups in total. The minimum Gasteiger partial charge on any atom is -0.0843 e. The zero-order valence-electron chi connectivity index (χ0n) is 17.7. The van der Waals surface area contributed by atoms with Crippen molar-refractivity contribution < 1.29 is 0 Å². The van der Waals surface area contributed by atoms with Crippen molar-refractivity contribution in [2.75, 3.05) is 0 Å². The zero-order valence-corrected chi connectivity index (χ0v) is 18.4. The van der Waals surface area contributed by atoms with Crippen LogP contribution in [0.25, 0.3) is 75.8 Å². The molecule has 0 heterocycles. The smallest absolute Gasteiger partial charge is 0.0418 e. The third-order valence-corrected chi connectivity index (χ3v) is 7.58. The Morgan fingerprint density at radius 1 is 0.394 bits per heavy atom. The number of fused-ring (bicyclic) bond motifs is 7. The van der Waals surface area contributed by atoms with E-state index < -0.39 is 0 Å². The molecule has 8 aromatic rings. The number of halogens is 1. The van der Waals surface area contributed by atoms with E-state index in [0.717, 1.165) is 5.02 Å². The van der Waals surface area contributed by atoms with E-state index in [4.69, 9.17) is 11.6 Å². The van der Waals surface area contributed by atoms with Crippen molar-refractivity contribution >= 4 is 76.2 Å². The summed E-state index contributed by atoms with van der Waals surface area (Å²) in [7, 11) is 0. The molecule has 0 nitrogen and oxygen atoms in total. The lowest BCUT2D eigenvalue weighted by Crippen LogP contribution is -1.85. The van der Waals surface area contributed by atoms with Crippen LogP contribution >= 0.6 is 11.6 Å². The number of hydrogen-bond acceptors (Lipinski definition) is 0. The Hall–Kier alpha value is -3.87. The highest BCUT2D eigenvalue weighted by Gasteiger charge is 2.24. The number of rotatable bonds is 1. The van der Waals surface area contributed by atoms with Crippen molar-refractivity contribution in [2.24, 2.45) is 0 Å². The first kappa shape index (κ1) is 17.7. The Morgan fingerprint density at radius 2 is 1.00 bits per heavy atom. The predicted molar refractivity (Wildman–Crippen MR) is 144 cm³/mol. The Labute approximate surface area is 195 Å². The van der Waals surface area contributed by atoms with E-state index in [1.54, 1.807) is 0 Å². The van der Waals surface area contributed by atoms with Crippen LogP contribution in [-0.4, -0.2) is 0 Å². The molecule has 0 spiro atoms. The maximum absolute atomic E-state index is 6.77. The van der Waals surface area contributed by atoms with Crippen molar-refractivity contribution in [3.05, 3.63) is 108 Å². The second-order valence-corrected chi connectivity index (χ2v) is 9.43. The molecule has 1 heteroatoms. The Kier molecular flexibility index (Phi) is 3.28. The third kappa shape index (κ3) is 2.12. The molecule has 0 saturated carbocycles. The van der Waals surface area contributed by atoms with Gasteiger partial charge in [-0.05, 0) is 87.9 Å². The normalized spacial score (nSPS) is 12.4. The topological polar surface area (TPSA) is 0 Å². The van der Waals surface area contributed by atoms with E-state index in [0.29, 0.717) is 0 Å². The van der Waals surface area contributed by atoms with Crippen LogP contribution in [0.2, 0.25) is 5.02 Å². The van der Waals surface area contributed by atoms with Gasteiger partial charge >= 0.3 is 0 Å². The molecule has 0 unspecified atom stereocenters. The molecule has 0 aromatic heterocycles. The van der Waals surface area contributed by atoms with Gasteiger partial charge in [0.05, 0.1) is 0 Å². The van der Waals surface area contributed by atoms with Crippen LogP contribution in [0.4, 0.5) is 0 Å². The van der Waals surface area contributed by atoms with E-state index in [9.17, 15) is 0 Å². The molecule has 0 saturated heterocycles. The van der Waals surface area contributed by atoms with Crippen LogP contribution in [0.1, 0.15) is 0 Å². The van der Waals surface area contributed by atoms with Gasteiger partial charge in [0.25, 0.3) is 0 Å². The van der Waals surface area contributed by atoms with E-state index in [1.165, 1.54) is 75.8 Å². The lowest BCUT2D eigenvalue weighted by atomic mass is 9.90. The van der Waals surface area contributed by atoms with Crippen molar-refractivity contribution in [1.82, 2.24) is 0 Å². The fourth-order valence-electron chi connectivity index (χ4n) is 6.20. The third-order valence-electron chi connectivity index (χ3n) is 7.36. The maximum Gasteiger partial charge on any atom is 0.0418 e. The Balaban J connectivity index is 1.85. The van der Waals surface area contributed by atoms with Crippen molar-refractivity contribution in [2.45, 2.75) is 0 Å². The molecular weight excluding hydrogens is 420 g/mol. The summed E-state index contributed by atoms with van der Waals surface area (Å²) in [5, 5.41) is 16.5. The molecule has 0 radical (unpaired) electrons. The zero-order chi connectivity index (χ0) is 21.7. The highest BCUT2D eigenvalue weighted by atomic mass is 35.5. The number of benzene rings is 6. The van der Waals surface area contributed by atoms with Gasteiger partial charge in [-0.1, -0.05) is 103 Å². The van der Waals surface area contributed by atoms with Gasteiger partial charge in [-0.2, -0.15) is 0 Å². The van der Waals surface area contributed by atoms with E-state index in [1.807, 2.05) is 0 Å². The van der Waals surface area contributed by atoms with Crippen LogP contribution in [0.5, 0.6) is 0 Å². The second kappa shape index (κ2) is 6.13. The van der Waals surface area contributed by atoms with Crippen LogP contribution in [0, 0.1) is 0 Å². The average Bonchev–Trinajstić information content (AvgIpc) is 3.36. The lowest BCUT2D eigenvalue weighted by Gasteiger charge is -2.13. The summed E-state index contributed by atoms with van der Waals surface area (Å²) in [5.41, 5.74) is 2.51. The Morgan fingerprint density at radius 3 is 1.79 bits per heavy atom. The highest BCUT2D eigenvalue weighted by molar-refractivity contribution is 6.49. The summed E-state index contributed by atoms with van der Waals surface area (Å²) in [6.45, 7) is 0. The minimum absolute atomic E-state index is 0.783. The van der Waals surface area contributed by atoms with Gasteiger partial charge in [0.1, 0.15) is 0 Å². The van der Waals surface area contributed by atoms with Gasteiger partial charge in [0.2, 0.25) is 0 Å². The first-order valence-corrected chi connectivity index (χ1v) is 11.7. The standard InChI is InChI=1S/C32H17Cl/c33-20-16-25-21-12-4-5-13-22(21)30-29(25)26(17-20)28(19-8-2-1-3-9-19)31-23-14-6-10-18-11-7-15-24(27(18)23)32(30)31/h1-17H. The molecule has 0 aliphatic rings. The summed E-state index contributed by atoms with van der Waals surface area (Å²) < 4.78 is 0. The molecule has 33 heavy (non-hydrogen) atoms. The molecule has 8 rings (SSSR count). The highest BCUT2D eigenvalue weighted by Crippen LogP contribution is 2.53. The van der Waals surface area contributed by atoms with E-state index in [2.05, 4.69) is 103 Å². The molecule has 0 aliphatic carbocycles. The van der Waals surface area contributed by atoms with Gasteiger partial charge in [-0.15, -0.1) is 0 Å². The summed E-state index contributed by atoms with van der Waals surface area (Å²) >= 11 is 6.77. The van der Waals surface area contributed by atoms with Gasteiger partial charge in [-0.3, -0.25) is 0 Å². The largest absolute Gasteiger partial charge is 0.0843 e. The lowest BCUT2D eigenvalue weighted by molar-refractivity contribution is 1.69. The van der Waals surface area contributed by atoms with Crippen LogP contribution < -0.4 is 0 Å². The van der Waals surface area contributed by atoms with E-state index >= 15 is 0 Å². The van der Waals surface area contributed by atoms with Gasteiger partial charge < -0.3 is 0 Å². The molecule has 8 aromatic carbocycles. The molecule has 0 atom stereocenters. The summed E-state index contributed by atoms with van der Waals surface area (Å²) in [6, 6.07) is 37.3. The Bertz CT molecular complexity index is 2010. The molecule has 0 bridgehead atoms. The monoisotopic (exact) mass is 436 g/mol. The van der Waals surface area contributed by atoms with Crippen LogP contribution in [-0.2, 0) is 0 Å². The van der Waals surface area contributed by atoms with Crippen molar-refractivity contribution in [3.8, 4) is 11.1 Å². The predicted octanol–water partition coefficient (Wildman–Crippen LogP) is 9.80. The summed E-state index contributed by atoms with van der Waals surface area (Å²) in [6.07, 6.45) is 0. The number of hydrogen-bond donors (Lipinski definition) is 0. The van der Waals surface area contributed by atoms with Crippen molar-refractivity contribution in [3.63, 3.8) is 0 Å². The summed E-state index contributed by atoms with van der Waals surface area (Å²) in [5.74, 6) is 0. The van der Waals surface area contributed by atoms with Crippen LogP contribution in [0.3, 0.4) is 0 Å². The second-order valence-electron chi connectivity index (χ2n) is 9.00.